The molecule has 484 valence electrons. The summed E-state index contributed by atoms with van der Waals surface area (Å²) in [5.74, 6) is -1.24. The number of aliphatic hydroxyl groups excluding tert-OH is 5. The molecule has 0 spiro atoms. The highest BCUT2D eigenvalue weighted by Crippen LogP contribution is 2.26. The molecule has 8 atom stereocenters. The van der Waals surface area contributed by atoms with Crippen molar-refractivity contribution < 1.29 is 49.3 Å². The van der Waals surface area contributed by atoms with Gasteiger partial charge in [-0.1, -0.05) is 311 Å². The monoisotopic (exact) mass is 1180 g/mol. The first kappa shape index (κ1) is 78.6. The fourth-order valence-corrected chi connectivity index (χ4v) is 10.4. The summed E-state index contributed by atoms with van der Waals surface area (Å²) in [5.41, 5.74) is 0. The van der Waals surface area contributed by atoms with Crippen LogP contribution in [0.3, 0.4) is 0 Å². The molecule has 6 N–H and O–H groups in total. The largest absolute Gasteiger partial charge is 0.454 e. The van der Waals surface area contributed by atoms with Gasteiger partial charge in [-0.05, 0) is 70.6 Å². The van der Waals surface area contributed by atoms with Crippen molar-refractivity contribution in [1.29, 1.82) is 0 Å². The molecule has 11 heteroatoms. The zero-order valence-corrected chi connectivity index (χ0v) is 53.7. The molecule has 1 heterocycles. The molecule has 1 fully saturated rings. The summed E-state index contributed by atoms with van der Waals surface area (Å²) in [7, 11) is 0. The van der Waals surface area contributed by atoms with Crippen LogP contribution in [0.4, 0.5) is 0 Å². The van der Waals surface area contributed by atoms with Crippen LogP contribution in [0.5, 0.6) is 0 Å². The van der Waals surface area contributed by atoms with Crippen molar-refractivity contribution in [3.63, 3.8) is 0 Å². The van der Waals surface area contributed by atoms with E-state index in [9.17, 15) is 35.1 Å². The van der Waals surface area contributed by atoms with E-state index in [1.54, 1.807) is 6.08 Å². The van der Waals surface area contributed by atoms with Gasteiger partial charge in [-0.3, -0.25) is 9.59 Å². The van der Waals surface area contributed by atoms with Gasteiger partial charge in [-0.2, -0.15) is 0 Å². The van der Waals surface area contributed by atoms with E-state index in [-0.39, 0.29) is 19.4 Å². The Kier molecular flexibility index (Phi) is 56.0. The summed E-state index contributed by atoms with van der Waals surface area (Å²) >= 11 is 0. The number of rotatable bonds is 58. The van der Waals surface area contributed by atoms with Gasteiger partial charge in [0.05, 0.1) is 25.4 Å². The standard InChI is InChI=1S/C73H127NO10/c1-4-7-10-13-16-19-22-25-27-29-30-31-32-33-34-35-36-37-39-40-42-45-48-51-54-57-60-66(77)72(81)74-64(65(76)59-56-53-50-47-44-24-21-18-15-12-9-6-3)63-82-73-71(70(80)69(79)67(62-75)83-73)84-68(78)61-58-55-52-49-46-43-41-38-28-26-23-20-17-14-11-8-5-2/h8,11,14,17,20,23,25-28,38,41,43,46,56,59,64-67,69-71,73,75-77,79-80H,4-7,9-10,12-13,15-16,18-19,21-22,24,29-37,39-40,42,44-45,47-55,57-58,60-63H2,1-3H3,(H,74,81)/b11-8-,17-14+,23-20+,27-25+,28-26-,41-38+,46-43+,59-56+. The minimum Gasteiger partial charge on any atom is -0.454 e. The lowest BCUT2D eigenvalue weighted by molar-refractivity contribution is -0.305. The molecule has 0 aliphatic carbocycles. The Balaban J connectivity index is 2.59. The number of hydrogen-bond acceptors (Lipinski definition) is 10. The van der Waals surface area contributed by atoms with E-state index in [2.05, 4.69) is 50.4 Å². The molecule has 0 aromatic rings. The van der Waals surface area contributed by atoms with Crippen LogP contribution in [0.25, 0.3) is 0 Å². The molecule has 1 saturated heterocycles. The maximum absolute atomic E-state index is 13.5. The van der Waals surface area contributed by atoms with Gasteiger partial charge in [0.15, 0.2) is 12.4 Å². The van der Waals surface area contributed by atoms with E-state index in [0.717, 1.165) is 64.2 Å². The van der Waals surface area contributed by atoms with Crippen LogP contribution in [0, 0.1) is 0 Å². The summed E-state index contributed by atoms with van der Waals surface area (Å²) in [6.07, 6.45) is 70.3. The molecule has 0 aromatic carbocycles. The summed E-state index contributed by atoms with van der Waals surface area (Å²) in [6, 6.07) is -1.04. The minimum absolute atomic E-state index is 0.0686. The molecular weight excluding hydrogens is 1050 g/mol. The van der Waals surface area contributed by atoms with Gasteiger partial charge in [0.2, 0.25) is 5.91 Å². The first-order chi connectivity index (χ1) is 41.2. The Labute approximate surface area is 514 Å². The van der Waals surface area contributed by atoms with Crippen LogP contribution in [0.1, 0.15) is 290 Å². The SMILES string of the molecule is CC\C=C/C=C/C=C/C=C\C=C\C=C\CCCCCC(=O)OC1C(OCC(NC(=O)C(O)CCCCCCCCCCCCCCCCCC/C=C/CCCCCCCC)C(O)/C=C/CCCCCCCCCCCC)OC(CO)C(O)C1O. The van der Waals surface area contributed by atoms with Crippen LogP contribution in [-0.2, 0) is 23.8 Å². The zero-order valence-electron chi connectivity index (χ0n) is 53.7. The molecule has 0 aromatic heterocycles. The summed E-state index contributed by atoms with van der Waals surface area (Å²) < 4.78 is 17.6. The number of esters is 1. The molecule has 1 aliphatic heterocycles. The quantitative estimate of drug-likeness (QED) is 0.0149. The van der Waals surface area contributed by atoms with Crippen molar-refractivity contribution >= 4 is 11.9 Å². The van der Waals surface area contributed by atoms with Gasteiger partial charge in [-0.25, -0.2) is 0 Å². The topological polar surface area (TPSA) is 175 Å². The molecule has 0 saturated carbocycles. The smallest absolute Gasteiger partial charge is 0.306 e. The van der Waals surface area contributed by atoms with Crippen molar-refractivity contribution in [2.75, 3.05) is 13.2 Å². The van der Waals surface area contributed by atoms with Gasteiger partial charge in [0, 0.05) is 6.42 Å². The van der Waals surface area contributed by atoms with E-state index in [4.69, 9.17) is 14.2 Å². The molecule has 11 nitrogen and oxygen atoms in total. The maximum atomic E-state index is 13.5. The zero-order chi connectivity index (χ0) is 61.0. The number of ether oxygens (including phenoxy) is 3. The lowest BCUT2D eigenvalue weighted by Gasteiger charge is -2.41. The highest BCUT2D eigenvalue weighted by atomic mass is 16.7. The number of unbranched alkanes of at least 4 members (excludes halogenated alkanes) is 35. The third-order valence-corrected chi connectivity index (χ3v) is 15.9. The molecular formula is C73H127NO10. The van der Waals surface area contributed by atoms with Gasteiger partial charge in [-0.15, -0.1) is 0 Å². The van der Waals surface area contributed by atoms with Crippen molar-refractivity contribution in [2.45, 2.75) is 339 Å². The van der Waals surface area contributed by atoms with Crippen molar-refractivity contribution in [3.8, 4) is 0 Å². The van der Waals surface area contributed by atoms with Crippen LogP contribution in [0.15, 0.2) is 97.2 Å². The van der Waals surface area contributed by atoms with E-state index in [1.165, 1.54) is 180 Å². The van der Waals surface area contributed by atoms with Crippen molar-refractivity contribution in [3.05, 3.63) is 97.2 Å². The number of nitrogens with one attached hydrogen (secondary N) is 1. The van der Waals surface area contributed by atoms with E-state index < -0.39 is 67.4 Å². The Morgan fingerprint density at radius 3 is 1.32 bits per heavy atom. The summed E-state index contributed by atoms with van der Waals surface area (Å²) in [4.78, 5) is 26.6. The number of aliphatic hydroxyl groups is 5. The van der Waals surface area contributed by atoms with Gasteiger partial charge >= 0.3 is 5.97 Å². The van der Waals surface area contributed by atoms with Gasteiger partial charge in [0.1, 0.15) is 24.4 Å². The number of amides is 1. The summed E-state index contributed by atoms with van der Waals surface area (Å²) in [6.45, 7) is 5.63. The molecule has 1 rings (SSSR count). The average Bonchev–Trinajstić information content (AvgIpc) is 3.69. The predicted molar refractivity (Wildman–Crippen MR) is 352 cm³/mol. The van der Waals surface area contributed by atoms with E-state index in [0.29, 0.717) is 12.8 Å². The van der Waals surface area contributed by atoms with Crippen LogP contribution in [-0.4, -0.2) is 99.6 Å². The number of carbonyl (C=O) groups excluding carboxylic acids is 2. The molecule has 0 bridgehead atoms. The second kappa shape index (κ2) is 59.9. The van der Waals surface area contributed by atoms with E-state index in [1.807, 2.05) is 66.8 Å². The number of carbonyl (C=O) groups is 2. The Morgan fingerprint density at radius 2 is 0.869 bits per heavy atom. The molecule has 1 aliphatic rings. The Bertz CT molecular complexity index is 1740. The predicted octanol–water partition coefficient (Wildman–Crippen LogP) is 17.5. The number of hydrogen-bond donors (Lipinski definition) is 6. The highest BCUT2D eigenvalue weighted by Gasteiger charge is 2.47. The van der Waals surface area contributed by atoms with Crippen LogP contribution in [0.2, 0.25) is 0 Å². The third kappa shape index (κ3) is 46.8. The molecule has 0 radical (unpaired) electrons. The molecule has 8 unspecified atom stereocenters. The van der Waals surface area contributed by atoms with Crippen molar-refractivity contribution in [2.24, 2.45) is 0 Å². The second-order valence-corrected chi connectivity index (χ2v) is 23.7. The first-order valence-electron chi connectivity index (χ1n) is 34.6. The highest BCUT2D eigenvalue weighted by molar-refractivity contribution is 5.80. The maximum Gasteiger partial charge on any atom is 0.306 e. The van der Waals surface area contributed by atoms with Crippen LogP contribution >= 0.6 is 0 Å². The molecule has 1 amide bonds. The van der Waals surface area contributed by atoms with Crippen molar-refractivity contribution in [1.82, 2.24) is 5.32 Å². The Morgan fingerprint density at radius 1 is 0.476 bits per heavy atom. The fraction of sp³-hybridized carbons (Fsp3) is 0.753. The second-order valence-electron chi connectivity index (χ2n) is 23.7. The summed E-state index contributed by atoms with van der Waals surface area (Å²) in [5, 5.41) is 57.1. The van der Waals surface area contributed by atoms with Crippen LogP contribution < -0.4 is 5.32 Å². The normalized spacial score (nSPS) is 19.1. The minimum atomic E-state index is -1.64. The lowest BCUT2D eigenvalue weighted by Crippen LogP contribution is -2.61. The lowest BCUT2D eigenvalue weighted by atomic mass is 9.99. The van der Waals surface area contributed by atoms with Gasteiger partial charge in [0.25, 0.3) is 0 Å². The average molecular weight is 1180 g/mol. The number of allylic oxidation sites excluding steroid dienone is 15. The molecule has 84 heavy (non-hydrogen) atoms. The van der Waals surface area contributed by atoms with Gasteiger partial charge < -0.3 is 45.1 Å². The Hall–Kier alpha value is -3.42. The first-order valence-corrected chi connectivity index (χ1v) is 34.6. The van der Waals surface area contributed by atoms with E-state index >= 15 is 0 Å². The fourth-order valence-electron chi connectivity index (χ4n) is 10.4. The third-order valence-electron chi connectivity index (χ3n) is 15.9.